The molecular weight excluding hydrogens is 268 g/mol. The van der Waals surface area contributed by atoms with Crippen LogP contribution in [0, 0.1) is 11.8 Å². The predicted molar refractivity (Wildman–Crippen MR) is 93.1 cm³/mol. The van der Waals surface area contributed by atoms with Crippen molar-refractivity contribution in [3.8, 4) is 0 Å². The van der Waals surface area contributed by atoms with Gasteiger partial charge in [0.1, 0.15) is 0 Å². The molecule has 0 radical (unpaired) electrons. The minimum Gasteiger partial charge on any atom is -0.300 e. The molecule has 0 aliphatic carbocycles. The van der Waals surface area contributed by atoms with Crippen molar-refractivity contribution in [2.75, 3.05) is 19.6 Å². The third kappa shape index (κ3) is 2.75. The quantitative estimate of drug-likeness (QED) is 0.715. The summed E-state index contributed by atoms with van der Waals surface area (Å²) < 4.78 is 0. The number of nitrogens with zero attached hydrogens (tertiary/aromatic N) is 2. The molecule has 0 saturated carbocycles. The van der Waals surface area contributed by atoms with Gasteiger partial charge >= 0.3 is 0 Å². The van der Waals surface area contributed by atoms with E-state index in [0.717, 1.165) is 30.0 Å². The van der Waals surface area contributed by atoms with Gasteiger partial charge in [-0.1, -0.05) is 39.0 Å². The molecule has 0 spiro atoms. The van der Waals surface area contributed by atoms with Crippen molar-refractivity contribution in [2.45, 2.75) is 95.7 Å². The maximum Gasteiger partial charge on any atom is 0.0142 e. The molecule has 2 nitrogen and oxygen atoms in total. The molecule has 4 aliphatic rings. The van der Waals surface area contributed by atoms with E-state index in [1.807, 2.05) is 0 Å². The summed E-state index contributed by atoms with van der Waals surface area (Å²) in [7, 11) is 0. The fourth-order valence-electron chi connectivity index (χ4n) is 6.43. The first-order chi connectivity index (χ1) is 10.9. The standard InChI is InChI=1S/C20H36N2/c1-2-3-4-11-20-17-14-16(18-9-6-8-13-22(18)20)15-21-12-7-5-10-19(17)21/h16-20H,2-15H2,1H3/t16-,17+,18-,19+,20?/m0/s1. The first kappa shape index (κ1) is 15.4. The van der Waals surface area contributed by atoms with E-state index in [9.17, 15) is 0 Å². The van der Waals surface area contributed by atoms with Crippen LogP contribution in [0.2, 0.25) is 0 Å². The molecule has 0 aromatic carbocycles. The molecule has 1 unspecified atom stereocenters. The third-order valence-corrected chi connectivity index (χ3v) is 7.36. The van der Waals surface area contributed by atoms with Gasteiger partial charge in [0, 0.05) is 24.7 Å². The van der Waals surface area contributed by atoms with Crippen LogP contribution < -0.4 is 0 Å². The maximum absolute atomic E-state index is 3.03. The Bertz CT molecular complexity index is 367. The molecule has 0 aromatic rings. The smallest absolute Gasteiger partial charge is 0.0142 e. The van der Waals surface area contributed by atoms with E-state index in [0.29, 0.717) is 0 Å². The van der Waals surface area contributed by atoms with Crippen LogP contribution in [0.5, 0.6) is 0 Å². The summed E-state index contributed by atoms with van der Waals surface area (Å²) in [4.78, 5) is 5.96. The van der Waals surface area contributed by atoms with Gasteiger partial charge in [0.2, 0.25) is 0 Å². The number of hydrogen-bond donors (Lipinski definition) is 0. The molecule has 4 rings (SSSR count). The van der Waals surface area contributed by atoms with Gasteiger partial charge in [-0.3, -0.25) is 9.80 Å². The SMILES string of the molecule is CCCCCC1[C@@H]2C[C@@H](CN3CCCC[C@H]23)[C@@H]2CCCCN12. The van der Waals surface area contributed by atoms with Gasteiger partial charge < -0.3 is 0 Å². The topological polar surface area (TPSA) is 6.48 Å². The Kier molecular flexibility index (Phi) is 4.78. The lowest BCUT2D eigenvalue weighted by Crippen LogP contribution is -2.67. The summed E-state index contributed by atoms with van der Waals surface area (Å²) in [6.45, 7) is 6.61. The number of unbranched alkanes of at least 4 members (excludes halogenated alkanes) is 2. The molecule has 4 aliphatic heterocycles. The van der Waals surface area contributed by atoms with E-state index in [1.165, 1.54) is 83.8 Å². The lowest BCUT2D eigenvalue weighted by atomic mass is 9.66. The highest BCUT2D eigenvalue weighted by molar-refractivity contribution is 5.05. The van der Waals surface area contributed by atoms with Gasteiger partial charge in [-0.2, -0.15) is 0 Å². The van der Waals surface area contributed by atoms with Gasteiger partial charge in [-0.15, -0.1) is 0 Å². The normalized spacial score (nSPS) is 42.7. The van der Waals surface area contributed by atoms with Crippen molar-refractivity contribution < 1.29 is 0 Å². The fourth-order valence-corrected chi connectivity index (χ4v) is 6.43. The summed E-state index contributed by atoms with van der Waals surface area (Å²) in [6, 6.07) is 2.82. The molecule has 0 N–H and O–H groups in total. The summed E-state index contributed by atoms with van der Waals surface area (Å²) in [5, 5.41) is 0. The maximum atomic E-state index is 3.03. The van der Waals surface area contributed by atoms with Gasteiger partial charge in [0.05, 0.1) is 0 Å². The van der Waals surface area contributed by atoms with Crippen LogP contribution >= 0.6 is 0 Å². The van der Waals surface area contributed by atoms with Gasteiger partial charge in [0.15, 0.2) is 0 Å². The van der Waals surface area contributed by atoms with Crippen LogP contribution in [-0.4, -0.2) is 47.6 Å². The Morgan fingerprint density at radius 2 is 1.73 bits per heavy atom. The minimum absolute atomic E-state index is 0.930. The van der Waals surface area contributed by atoms with E-state index >= 15 is 0 Å². The Morgan fingerprint density at radius 3 is 2.59 bits per heavy atom. The van der Waals surface area contributed by atoms with Crippen molar-refractivity contribution >= 4 is 0 Å². The molecule has 2 heteroatoms. The molecular formula is C20H36N2. The molecule has 4 fully saturated rings. The second-order valence-electron chi connectivity index (χ2n) is 8.58. The zero-order valence-electron chi connectivity index (χ0n) is 14.7. The molecule has 0 amide bonds. The van der Waals surface area contributed by atoms with Crippen LogP contribution in [0.3, 0.4) is 0 Å². The molecule has 22 heavy (non-hydrogen) atoms. The predicted octanol–water partition coefficient (Wildman–Crippen LogP) is 4.29. The van der Waals surface area contributed by atoms with Crippen molar-refractivity contribution in [2.24, 2.45) is 11.8 Å². The first-order valence-electron chi connectivity index (χ1n) is 10.4. The van der Waals surface area contributed by atoms with Crippen molar-refractivity contribution in [3.63, 3.8) is 0 Å². The lowest BCUT2D eigenvalue weighted by Gasteiger charge is -2.60. The Balaban J connectivity index is 1.55. The second kappa shape index (κ2) is 6.81. The van der Waals surface area contributed by atoms with E-state index < -0.39 is 0 Å². The number of piperidine rings is 4. The summed E-state index contributed by atoms with van der Waals surface area (Å²) in [6.07, 6.45) is 16.3. The minimum atomic E-state index is 0.930. The number of rotatable bonds is 4. The van der Waals surface area contributed by atoms with Gasteiger partial charge in [0.25, 0.3) is 0 Å². The Morgan fingerprint density at radius 1 is 0.909 bits per heavy atom. The zero-order valence-corrected chi connectivity index (χ0v) is 14.7. The molecule has 5 atom stereocenters. The summed E-state index contributed by atoms with van der Waals surface area (Å²) >= 11 is 0. The average Bonchev–Trinajstić information content (AvgIpc) is 2.58. The molecule has 0 aromatic heterocycles. The molecule has 4 saturated heterocycles. The summed E-state index contributed by atoms with van der Waals surface area (Å²) in [5.74, 6) is 2.01. The van der Waals surface area contributed by atoms with Crippen LogP contribution in [-0.2, 0) is 0 Å². The Hall–Kier alpha value is -0.0800. The van der Waals surface area contributed by atoms with Crippen molar-refractivity contribution in [3.05, 3.63) is 0 Å². The Labute approximate surface area is 137 Å². The highest BCUT2D eigenvalue weighted by Crippen LogP contribution is 2.47. The van der Waals surface area contributed by atoms with Crippen molar-refractivity contribution in [1.29, 1.82) is 0 Å². The van der Waals surface area contributed by atoms with Crippen LogP contribution in [0.1, 0.15) is 77.6 Å². The van der Waals surface area contributed by atoms with Crippen LogP contribution in [0.15, 0.2) is 0 Å². The van der Waals surface area contributed by atoms with Crippen molar-refractivity contribution in [1.82, 2.24) is 9.80 Å². The molecule has 2 bridgehead atoms. The third-order valence-electron chi connectivity index (χ3n) is 7.36. The molecule has 126 valence electrons. The highest BCUT2D eigenvalue weighted by Gasteiger charge is 2.50. The van der Waals surface area contributed by atoms with Crippen LogP contribution in [0.25, 0.3) is 0 Å². The van der Waals surface area contributed by atoms with E-state index in [4.69, 9.17) is 0 Å². The van der Waals surface area contributed by atoms with E-state index in [1.54, 1.807) is 6.42 Å². The van der Waals surface area contributed by atoms with E-state index in [2.05, 4.69) is 16.7 Å². The fraction of sp³-hybridized carbons (Fsp3) is 1.00. The molecule has 4 heterocycles. The monoisotopic (exact) mass is 304 g/mol. The average molecular weight is 305 g/mol. The first-order valence-corrected chi connectivity index (χ1v) is 10.4. The lowest BCUT2D eigenvalue weighted by molar-refractivity contribution is -0.109. The highest BCUT2D eigenvalue weighted by atomic mass is 15.3. The number of fused-ring (bicyclic) bond motifs is 6. The largest absolute Gasteiger partial charge is 0.300 e. The van der Waals surface area contributed by atoms with Gasteiger partial charge in [-0.25, -0.2) is 0 Å². The van der Waals surface area contributed by atoms with Gasteiger partial charge in [-0.05, 0) is 63.5 Å². The summed E-state index contributed by atoms with van der Waals surface area (Å²) in [5.41, 5.74) is 0. The van der Waals surface area contributed by atoms with E-state index in [-0.39, 0.29) is 0 Å². The zero-order chi connectivity index (χ0) is 14.9. The number of hydrogen-bond acceptors (Lipinski definition) is 2. The van der Waals surface area contributed by atoms with Crippen LogP contribution in [0.4, 0.5) is 0 Å². The second-order valence-corrected chi connectivity index (χ2v) is 8.58.